The Labute approximate surface area is 164 Å². The van der Waals surface area contributed by atoms with E-state index in [4.69, 9.17) is 14.0 Å². The standard InChI is InChI=1S/C21H25N3O4/c1-14-2-4-17-16(10-14)20(22-28-17)21(25)24-8-6-23(7-9-24)12-15-3-5-18-19(11-15)27-13-26-18/h3,5,11,14H,2,4,6-10,12-13H2,1H3/t14-/m0/s1. The van der Waals surface area contributed by atoms with E-state index >= 15 is 0 Å². The number of aryl methyl sites for hydroxylation is 1. The number of nitrogens with zero attached hydrogens (tertiary/aromatic N) is 3. The van der Waals surface area contributed by atoms with Gasteiger partial charge in [-0.3, -0.25) is 9.69 Å². The molecule has 0 spiro atoms. The smallest absolute Gasteiger partial charge is 0.276 e. The molecule has 1 aromatic carbocycles. The zero-order chi connectivity index (χ0) is 19.1. The minimum atomic E-state index is 0.0156. The van der Waals surface area contributed by atoms with Crippen LogP contribution in [0, 0.1) is 5.92 Å². The summed E-state index contributed by atoms with van der Waals surface area (Å²) < 4.78 is 16.3. The molecule has 3 aliphatic rings. The SMILES string of the molecule is C[C@H]1CCc2onc(C(=O)N3CCN(Cc4ccc5c(c4)OCO5)CC3)c2C1. The van der Waals surface area contributed by atoms with Crippen molar-refractivity contribution in [1.82, 2.24) is 15.0 Å². The molecule has 0 radical (unpaired) electrons. The van der Waals surface area contributed by atoms with E-state index in [1.54, 1.807) is 0 Å². The van der Waals surface area contributed by atoms with Crippen LogP contribution in [-0.2, 0) is 19.4 Å². The summed E-state index contributed by atoms with van der Waals surface area (Å²) in [5, 5.41) is 4.12. The first-order valence-electron chi connectivity index (χ1n) is 10.0. The highest BCUT2D eigenvalue weighted by Gasteiger charge is 2.31. The fourth-order valence-electron chi connectivity index (χ4n) is 4.30. The van der Waals surface area contributed by atoms with Crippen LogP contribution in [0.2, 0.25) is 0 Å². The van der Waals surface area contributed by atoms with Crippen molar-refractivity contribution in [3.63, 3.8) is 0 Å². The van der Waals surface area contributed by atoms with Crippen LogP contribution in [0.4, 0.5) is 0 Å². The molecule has 0 unspecified atom stereocenters. The average molecular weight is 383 g/mol. The lowest BCUT2D eigenvalue weighted by Crippen LogP contribution is -2.48. The first-order valence-corrected chi connectivity index (χ1v) is 10.0. The average Bonchev–Trinajstić information content (AvgIpc) is 3.34. The van der Waals surface area contributed by atoms with Crippen LogP contribution in [0.1, 0.15) is 40.7 Å². The molecule has 0 bridgehead atoms. The number of ether oxygens (including phenoxy) is 2. The molecule has 1 fully saturated rings. The van der Waals surface area contributed by atoms with Gasteiger partial charge >= 0.3 is 0 Å². The van der Waals surface area contributed by atoms with E-state index in [9.17, 15) is 4.79 Å². The second kappa shape index (κ2) is 7.13. The molecule has 7 nitrogen and oxygen atoms in total. The van der Waals surface area contributed by atoms with Crippen molar-refractivity contribution in [3.8, 4) is 11.5 Å². The highest BCUT2D eigenvalue weighted by Crippen LogP contribution is 2.33. The topological polar surface area (TPSA) is 68.0 Å². The van der Waals surface area contributed by atoms with Gasteiger partial charge in [-0.1, -0.05) is 18.1 Å². The van der Waals surface area contributed by atoms with E-state index in [1.165, 1.54) is 5.56 Å². The van der Waals surface area contributed by atoms with Crippen molar-refractivity contribution >= 4 is 5.91 Å². The van der Waals surface area contributed by atoms with Crippen molar-refractivity contribution in [2.45, 2.75) is 32.7 Å². The number of fused-ring (bicyclic) bond motifs is 2. The molecule has 2 aliphatic heterocycles. The normalized spacial score (nSPS) is 21.6. The molecule has 1 saturated heterocycles. The Hall–Kier alpha value is -2.54. The van der Waals surface area contributed by atoms with Gasteiger partial charge in [-0.15, -0.1) is 0 Å². The molecule has 5 rings (SSSR count). The molecular weight excluding hydrogens is 358 g/mol. The molecule has 7 heteroatoms. The molecule has 3 heterocycles. The number of piperazine rings is 1. The van der Waals surface area contributed by atoms with Gasteiger partial charge in [-0.05, 0) is 36.5 Å². The Balaban J connectivity index is 1.20. The fraction of sp³-hybridized carbons (Fsp3) is 0.524. The van der Waals surface area contributed by atoms with Gasteiger partial charge in [0.2, 0.25) is 6.79 Å². The van der Waals surface area contributed by atoms with Crippen molar-refractivity contribution in [3.05, 3.63) is 40.8 Å². The summed E-state index contributed by atoms with van der Waals surface area (Å²) in [6, 6.07) is 6.09. The van der Waals surface area contributed by atoms with Gasteiger partial charge in [0.25, 0.3) is 5.91 Å². The summed E-state index contributed by atoms with van der Waals surface area (Å²) in [5.74, 6) is 3.13. The molecule has 0 N–H and O–H groups in total. The summed E-state index contributed by atoms with van der Waals surface area (Å²) >= 11 is 0. The number of aromatic nitrogens is 1. The number of carbonyl (C=O) groups is 1. The van der Waals surface area contributed by atoms with Crippen LogP contribution in [0.15, 0.2) is 22.7 Å². The van der Waals surface area contributed by atoms with E-state index in [-0.39, 0.29) is 5.91 Å². The highest BCUT2D eigenvalue weighted by molar-refractivity contribution is 5.94. The third kappa shape index (κ3) is 3.24. The lowest BCUT2D eigenvalue weighted by molar-refractivity contribution is 0.0617. The minimum absolute atomic E-state index is 0.0156. The minimum Gasteiger partial charge on any atom is -0.454 e. The Morgan fingerprint density at radius 2 is 2.00 bits per heavy atom. The third-order valence-corrected chi connectivity index (χ3v) is 5.99. The van der Waals surface area contributed by atoms with Gasteiger partial charge in [-0.25, -0.2) is 0 Å². The van der Waals surface area contributed by atoms with Crippen LogP contribution < -0.4 is 9.47 Å². The van der Waals surface area contributed by atoms with E-state index in [0.717, 1.165) is 61.7 Å². The lowest BCUT2D eigenvalue weighted by Gasteiger charge is -2.34. The Kier molecular flexibility index (Phi) is 4.47. The first-order chi connectivity index (χ1) is 13.7. The molecule has 1 aromatic heterocycles. The molecule has 1 aliphatic carbocycles. The third-order valence-electron chi connectivity index (χ3n) is 5.99. The molecule has 148 valence electrons. The summed E-state index contributed by atoms with van der Waals surface area (Å²) in [4.78, 5) is 17.3. The van der Waals surface area contributed by atoms with E-state index in [2.05, 4.69) is 23.0 Å². The largest absolute Gasteiger partial charge is 0.454 e. The maximum atomic E-state index is 13.0. The van der Waals surface area contributed by atoms with Crippen LogP contribution in [0.5, 0.6) is 11.5 Å². The maximum Gasteiger partial charge on any atom is 0.276 e. The van der Waals surface area contributed by atoms with Gasteiger partial charge in [0.05, 0.1) is 0 Å². The van der Waals surface area contributed by atoms with Crippen molar-refractivity contribution in [2.75, 3.05) is 33.0 Å². The number of carbonyl (C=O) groups excluding carboxylic acids is 1. The first kappa shape index (κ1) is 17.6. The van der Waals surface area contributed by atoms with Crippen molar-refractivity contribution in [2.24, 2.45) is 5.92 Å². The van der Waals surface area contributed by atoms with Crippen LogP contribution in [0.3, 0.4) is 0 Å². The van der Waals surface area contributed by atoms with Gasteiger partial charge in [0.1, 0.15) is 5.76 Å². The second-order valence-corrected chi connectivity index (χ2v) is 8.04. The van der Waals surface area contributed by atoms with E-state index in [0.29, 0.717) is 31.5 Å². The zero-order valence-corrected chi connectivity index (χ0v) is 16.1. The predicted octanol–water partition coefficient (Wildman–Crippen LogP) is 2.49. The number of hydrogen-bond acceptors (Lipinski definition) is 6. The van der Waals surface area contributed by atoms with Crippen LogP contribution >= 0.6 is 0 Å². The van der Waals surface area contributed by atoms with Gasteiger partial charge < -0.3 is 18.9 Å². The Morgan fingerprint density at radius 3 is 2.86 bits per heavy atom. The van der Waals surface area contributed by atoms with E-state index < -0.39 is 0 Å². The van der Waals surface area contributed by atoms with Crippen LogP contribution in [0.25, 0.3) is 0 Å². The number of amides is 1. The summed E-state index contributed by atoms with van der Waals surface area (Å²) in [6.07, 6.45) is 2.89. The van der Waals surface area contributed by atoms with Gasteiger partial charge in [-0.2, -0.15) is 0 Å². The summed E-state index contributed by atoms with van der Waals surface area (Å²) in [7, 11) is 0. The fourth-order valence-corrected chi connectivity index (χ4v) is 4.30. The molecule has 0 saturated carbocycles. The lowest BCUT2D eigenvalue weighted by atomic mass is 9.88. The quantitative estimate of drug-likeness (QED) is 0.811. The second-order valence-electron chi connectivity index (χ2n) is 8.04. The highest BCUT2D eigenvalue weighted by atomic mass is 16.7. The molecule has 1 atom stereocenters. The molecular formula is C21H25N3O4. The Morgan fingerprint density at radius 1 is 1.18 bits per heavy atom. The van der Waals surface area contributed by atoms with Crippen molar-refractivity contribution < 1.29 is 18.8 Å². The van der Waals surface area contributed by atoms with Gasteiger partial charge in [0.15, 0.2) is 17.2 Å². The predicted molar refractivity (Wildman–Crippen MR) is 101 cm³/mol. The van der Waals surface area contributed by atoms with E-state index in [1.807, 2.05) is 17.0 Å². The monoisotopic (exact) mass is 383 g/mol. The number of benzene rings is 1. The Bertz CT molecular complexity index is 886. The maximum absolute atomic E-state index is 13.0. The molecule has 2 aromatic rings. The van der Waals surface area contributed by atoms with Crippen LogP contribution in [-0.4, -0.2) is 53.8 Å². The zero-order valence-electron chi connectivity index (χ0n) is 16.1. The summed E-state index contributed by atoms with van der Waals surface area (Å²) in [6.45, 7) is 6.47. The summed E-state index contributed by atoms with van der Waals surface area (Å²) in [5.41, 5.74) is 2.76. The van der Waals surface area contributed by atoms with Crippen molar-refractivity contribution in [1.29, 1.82) is 0 Å². The molecule has 1 amide bonds. The number of hydrogen-bond donors (Lipinski definition) is 0. The van der Waals surface area contributed by atoms with Gasteiger partial charge in [0, 0.05) is 44.7 Å². The molecule has 28 heavy (non-hydrogen) atoms. The number of rotatable bonds is 3.